The number of halogens is 1. The van der Waals surface area contributed by atoms with Crippen LogP contribution in [0.2, 0.25) is 5.02 Å². The Bertz CT molecular complexity index is 763. The van der Waals surface area contributed by atoms with Gasteiger partial charge in [-0.25, -0.2) is 4.79 Å². The van der Waals surface area contributed by atoms with Gasteiger partial charge in [-0.3, -0.25) is 0 Å². The number of hydrogen-bond acceptors (Lipinski definition) is 3. The molecule has 0 spiro atoms. The number of benzene rings is 2. The van der Waals surface area contributed by atoms with Crippen molar-refractivity contribution in [1.82, 2.24) is 5.32 Å². The van der Waals surface area contributed by atoms with Crippen LogP contribution in [-0.4, -0.2) is 17.7 Å². The number of rotatable bonds is 5. The van der Waals surface area contributed by atoms with E-state index in [-0.39, 0.29) is 6.04 Å². The molecule has 0 fully saturated rings. The predicted octanol–water partition coefficient (Wildman–Crippen LogP) is 4.87. The Labute approximate surface area is 158 Å². The second-order valence-electron chi connectivity index (χ2n) is 5.65. The molecular formula is C19H21ClN2O2S. The summed E-state index contributed by atoms with van der Waals surface area (Å²) in [4.78, 5) is 11.8. The average molecular weight is 377 g/mol. The van der Waals surface area contributed by atoms with E-state index in [0.717, 1.165) is 5.56 Å². The number of hydrogen-bond donors (Lipinski definition) is 2. The number of aryl methyl sites for hydroxylation is 1. The van der Waals surface area contributed by atoms with Gasteiger partial charge in [0.1, 0.15) is 0 Å². The summed E-state index contributed by atoms with van der Waals surface area (Å²) in [6.45, 7) is 6.15. The summed E-state index contributed by atoms with van der Waals surface area (Å²) in [5.41, 5.74) is 3.39. The molecule has 0 bridgehead atoms. The smallest absolute Gasteiger partial charge is 0.339 e. The Morgan fingerprint density at radius 2 is 1.92 bits per heavy atom. The Morgan fingerprint density at radius 3 is 2.52 bits per heavy atom. The van der Waals surface area contributed by atoms with Gasteiger partial charge in [0.05, 0.1) is 23.2 Å². The van der Waals surface area contributed by atoms with Crippen LogP contribution in [0.5, 0.6) is 0 Å². The Balaban J connectivity index is 1.99. The highest BCUT2D eigenvalue weighted by atomic mass is 35.5. The van der Waals surface area contributed by atoms with E-state index in [4.69, 9.17) is 28.6 Å². The zero-order valence-corrected chi connectivity index (χ0v) is 16.0. The lowest BCUT2D eigenvalue weighted by molar-refractivity contribution is 0.0526. The summed E-state index contributed by atoms with van der Waals surface area (Å²) >= 11 is 11.5. The van der Waals surface area contributed by atoms with Gasteiger partial charge in [-0.2, -0.15) is 0 Å². The second-order valence-corrected chi connectivity index (χ2v) is 6.46. The SMILES string of the molecule is CCOC(=O)c1ccc(NC(=S)N[C@H](C)c2ccc(C)cc2)cc1Cl. The number of thiocarbonyl (C=S) groups is 1. The predicted molar refractivity (Wildman–Crippen MR) is 106 cm³/mol. The molecular weight excluding hydrogens is 356 g/mol. The third kappa shape index (κ3) is 5.44. The van der Waals surface area contributed by atoms with Gasteiger partial charge < -0.3 is 15.4 Å². The molecule has 0 heterocycles. The second kappa shape index (κ2) is 8.83. The van der Waals surface area contributed by atoms with E-state index < -0.39 is 5.97 Å². The minimum Gasteiger partial charge on any atom is -0.462 e. The van der Waals surface area contributed by atoms with Crippen molar-refractivity contribution in [2.75, 3.05) is 11.9 Å². The lowest BCUT2D eigenvalue weighted by Gasteiger charge is -2.18. The fourth-order valence-electron chi connectivity index (χ4n) is 2.27. The first-order valence-electron chi connectivity index (χ1n) is 8.01. The molecule has 0 unspecified atom stereocenters. The summed E-state index contributed by atoms with van der Waals surface area (Å²) in [6.07, 6.45) is 0. The largest absolute Gasteiger partial charge is 0.462 e. The molecule has 4 nitrogen and oxygen atoms in total. The van der Waals surface area contributed by atoms with Crippen LogP contribution in [0.4, 0.5) is 5.69 Å². The average Bonchev–Trinajstić information content (AvgIpc) is 2.55. The van der Waals surface area contributed by atoms with Crippen molar-refractivity contribution in [2.24, 2.45) is 0 Å². The van der Waals surface area contributed by atoms with Gasteiger partial charge in [0.2, 0.25) is 0 Å². The maximum atomic E-state index is 11.8. The Kier molecular flexibility index (Phi) is 6.79. The zero-order chi connectivity index (χ0) is 18.4. The first-order chi connectivity index (χ1) is 11.9. The van der Waals surface area contributed by atoms with E-state index in [1.807, 2.05) is 6.92 Å². The molecule has 2 N–H and O–H groups in total. The number of carbonyl (C=O) groups is 1. The molecule has 0 amide bonds. The first kappa shape index (κ1) is 19.2. The molecule has 0 saturated carbocycles. The molecule has 0 aliphatic rings. The van der Waals surface area contributed by atoms with Gasteiger partial charge in [0.15, 0.2) is 5.11 Å². The molecule has 0 aliphatic heterocycles. The molecule has 0 aliphatic carbocycles. The van der Waals surface area contributed by atoms with Gasteiger partial charge in [0, 0.05) is 5.69 Å². The van der Waals surface area contributed by atoms with Gasteiger partial charge >= 0.3 is 5.97 Å². The van der Waals surface area contributed by atoms with Crippen molar-refractivity contribution < 1.29 is 9.53 Å². The van der Waals surface area contributed by atoms with Gasteiger partial charge in [-0.15, -0.1) is 0 Å². The highest BCUT2D eigenvalue weighted by Gasteiger charge is 2.13. The van der Waals surface area contributed by atoms with E-state index in [0.29, 0.717) is 28.0 Å². The molecule has 132 valence electrons. The van der Waals surface area contributed by atoms with Crippen LogP contribution >= 0.6 is 23.8 Å². The maximum Gasteiger partial charge on any atom is 0.339 e. The number of carbonyl (C=O) groups excluding carboxylic acids is 1. The molecule has 2 aromatic rings. The number of anilines is 1. The highest BCUT2D eigenvalue weighted by Crippen LogP contribution is 2.22. The lowest BCUT2D eigenvalue weighted by atomic mass is 10.1. The van der Waals surface area contributed by atoms with Crippen molar-refractivity contribution in [2.45, 2.75) is 26.8 Å². The third-order valence-corrected chi connectivity index (χ3v) is 4.18. The number of esters is 1. The van der Waals surface area contributed by atoms with E-state index in [1.165, 1.54) is 5.56 Å². The standard InChI is InChI=1S/C19H21ClN2O2S/c1-4-24-18(23)16-10-9-15(11-17(16)20)22-19(25)21-13(3)14-7-5-12(2)6-8-14/h5-11,13H,4H2,1-3H3,(H2,21,22,25)/t13-/m1/s1. The molecule has 6 heteroatoms. The Hall–Kier alpha value is -2.11. The fourth-order valence-corrected chi connectivity index (χ4v) is 2.82. The summed E-state index contributed by atoms with van der Waals surface area (Å²) in [5.74, 6) is -0.437. The first-order valence-corrected chi connectivity index (χ1v) is 8.80. The summed E-state index contributed by atoms with van der Waals surface area (Å²) in [6, 6.07) is 13.3. The minimum absolute atomic E-state index is 0.0647. The van der Waals surface area contributed by atoms with E-state index in [1.54, 1.807) is 25.1 Å². The van der Waals surface area contributed by atoms with Crippen LogP contribution in [0.25, 0.3) is 0 Å². The Morgan fingerprint density at radius 1 is 1.24 bits per heavy atom. The highest BCUT2D eigenvalue weighted by molar-refractivity contribution is 7.80. The van der Waals surface area contributed by atoms with Crippen LogP contribution in [0.3, 0.4) is 0 Å². The van der Waals surface area contributed by atoms with Crippen molar-refractivity contribution in [3.8, 4) is 0 Å². The maximum absolute atomic E-state index is 11.8. The van der Waals surface area contributed by atoms with Gasteiger partial charge in [-0.1, -0.05) is 41.4 Å². The molecule has 1 atom stereocenters. The van der Waals surface area contributed by atoms with Crippen LogP contribution in [0, 0.1) is 6.92 Å². The molecule has 25 heavy (non-hydrogen) atoms. The summed E-state index contributed by atoms with van der Waals surface area (Å²) < 4.78 is 4.96. The van der Waals surface area contributed by atoms with Crippen LogP contribution < -0.4 is 10.6 Å². The molecule has 0 aromatic heterocycles. The van der Waals surface area contributed by atoms with Crippen LogP contribution in [0.1, 0.15) is 41.4 Å². The normalized spacial score (nSPS) is 11.5. The lowest BCUT2D eigenvalue weighted by Crippen LogP contribution is -2.30. The van der Waals surface area contributed by atoms with Crippen molar-refractivity contribution >= 4 is 40.6 Å². The van der Waals surface area contributed by atoms with E-state index >= 15 is 0 Å². The van der Waals surface area contributed by atoms with Crippen molar-refractivity contribution in [3.05, 3.63) is 64.2 Å². The summed E-state index contributed by atoms with van der Waals surface area (Å²) in [7, 11) is 0. The number of ether oxygens (including phenoxy) is 1. The zero-order valence-electron chi connectivity index (χ0n) is 14.4. The molecule has 2 aromatic carbocycles. The van der Waals surface area contributed by atoms with E-state index in [2.05, 4.69) is 41.8 Å². The van der Waals surface area contributed by atoms with Crippen LogP contribution in [-0.2, 0) is 4.74 Å². The topological polar surface area (TPSA) is 50.4 Å². The minimum atomic E-state index is -0.437. The molecule has 0 saturated heterocycles. The molecule has 2 rings (SSSR count). The third-order valence-electron chi connectivity index (χ3n) is 3.65. The van der Waals surface area contributed by atoms with E-state index in [9.17, 15) is 4.79 Å². The van der Waals surface area contributed by atoms with Gasteiger partial charge in [-0.05, 0) is 56.8 Å². The van der Waals surface area contributed by atoms with Crippen LogP contribution in [0.15, 0.2) is 42.5 Å². The monoisotopic (exact) mass is 376 g/mol. The van der Waals surface area contributed by atoms with Crippen molar-refractivity contribution in [1.29, 1.82) is 0 Å². The summed E-state index contributed by atoms with van der Waals surface area (Å²) in [5, 5.41) is 7.10. The molecule has 0 radical (unpaired) electrons. The fraction of sp³-hybridized carbons (Fsp3) is 0.263. The van der Waals surface area contributed by atoms with Crippen molar-refractivity contribution in [3.63, 3.8) is 0 Å². The van der Waals surface area contributed by atoms with Gasteiger partial charge in [0.25, 0.3) is 0 Å². The quantitative estimate of drug-likeness (QED) is 0.575. The number of nitrogens with one attached hydrogen (secondary N) is 2.